The molecule has 1 N–H and O–H groups in total. The first-order valence-electron chi connectivity index (χ1n) is 7.44. The lowest BCUT2D eigenvalue weighted by molar-refractivity contribution is 0.0958. The molecule has 5 heteroatoms. The predicted molar refractivity (Wildman–Crippen MR) is 91.6 cm³/mol. The maximum absolute atomic E-state index is 11.8. The second kappa shape index (κ2) is 7.75. The van der Waals surface area contributed by atoms with Crippen molar-refractivity contribution < 1.29 is 9.53 Å². The summed E-state index contributed by atoms with van der Waals surface area (Å²) in [7, 11) is 0. The van der Waals surface area contributed by atoms with Crippen LogP contribution < -0.4 is 10.1 Å². The van der Waals surface area contributed by atoms with E-state index in [-0.39, 0.29) is 19.1 Å². The average Bonchev–Trinajstić information content (AvgIpc) is 2.65. The highest BCUT2D eigenvalue weighted by atomic mass is 16.5. The molecule has 5 nitrogen and oxygen atoms in total. The first-order valence-corrected chi connectivity index (χ1v) is 7.44. The monoisotopic (exact) mass is 317 g/mol. The van der Waals surface area contributed by atoms with Crippen LogP contribution in [0.2, 0.25) is 0 Å². The van der Waals surface area contributed by atoms with Gasteiger partial charge in [0.2, 0.25) is 0 Å². The van der Waals surface area contributed by atoms with Crippen LogP contribution in [0.25, 0.3) is 10.9 Å². The van der Waals surface area contributed by atoms with Crippen molar-refractivity contribution in [3.05, 3.63) is 66.6 Å². The topological polar surface area (TPSA) is 64.1 Å². The summed E-state index contributed by atoms with van der Waals surface area (Å²) < 4.78 is 5.57. The van der Waals surface area contributed by atoms with Crippen molar-refractivity contribution in [1.82, 2.24) is 15.3 Å². The number of rotatable bonds is 4. The summed E-state index contributed by atoms with van der Waals surface area (Å²) in [5.74, 6) is 6.27. The highest BCUT2D eigenvalue weighted by molar-refractivity contribution is 5.94. The number of carbonyl (C=O) groups is 1. The van der Waals surface area contributed by atoms with Crippen molar-refractivity contribution in [2.75, 3.05) is 13.2 Å². The maximum Gasteiger partial charge on any atom is 0.252 e. The fourth-order valence-corrected chi connectivity index (χ4v) is 2.10. The molecule has 0 aliphatic heterocycles. The van der Waals surface area contributed by atoms with Gasteiger partial charge in [-0.2, -0.15) is 0 Å². The molecule has 0 saturated carbocycles. The summed E-state index contributed by atoms with van der Waals surface area (Å²) in [5, 5.41) is 3.78. The maximum atomic E-state index is 11.8. The van der Waals surface area contributed by atoms with E-state index in [1.54, 1.807) is 30.7 Å². The third-order valence-electron chi connectivity index (χ3n) is 3.29. The minimum absolute atomic E-state index is 0.173. The van der Waals surface area contributed by atoms with E-state index in [9.17, 15) is 4.79 Å². The van der Waals surface area contributed by atoms with E-state index < -0.39 is 0 Å². The standard InChI is InChI=1S/C19H15N3O2/c23-19(16-7-11-20-12-8-16)22-9-1-2-13-24-17-6-5-15-4-3-10-21-18(15)14-17/h3-8,10-12,14H,9,13H2,(H,22,23). The molecule has 1 amide bonds. The Balaban J connectivity index is 1.46. The lowest BCUT2D eigenvalue weighted by atomic mass is 10.2. The lowest BCUT2D eigenvalue weighted by Crippen LogP contribution is -2.23. The van der Waals surface area contributed by atoms with Crippen LogP contribution in [0.5, 0.6) is 5.75 Å². The molecule has 0 spiro atoms. The Morgan fingerprint density at radius 2 is 1.96 bits per heavy atom. The molecule has 0 bridgehead atoms. The second-order valence-electron chi connectivity index (χ2n) is 4.92. The summed E-state index contributed by atoms with van der Waals surface area (Å²) in [4.78, 5) is 19.9. The third-order valence-corrected chi connectivity index (χ3v) is 3.29. The fraction of sp³-hybridized carbons (Fsp3) is 0.105. The lowest BCUT2D eigenvalue weighted by Gasteiger charge is -2.03. The Labute approximate surface area is 139 Å². The van der Waals surface area contributed by atoms with Gasteiger partial charge >= 0.3 is 0 Å². The third kappa shape index (κ3) is 4.08. The van der Waals surface area contributed by atoms with Gasteiger partial charge in [0.25, 0.3) is 5.91 Å². The van der Waals surface area contributed by atoms with Crippen molar-refractivity contribution in [3.63, 3.8) is 0 Å². The van der Waals surface area contributed by atoms with Crippen molar-refractivity contribution in [2.24, 2.45) is 0 Å². The fourth-order valence-electron chi connectivity index (χ4n) is 2.10. The van der Waals surface area contributed by atoms with E-state index in [1.807, 2.05) is 30.3 Å². The van der Waals surface area contributed by atoms with Crippen LogP contribution in [0.3, 0.4) is 0 Å². The van der Waals surface area contributed by atoms with E-state index in [4.69, 9.17) is 4.74 Å². The van der Waals surface area contributed by atoms with Crippen molar-refractivity contribution in [1.29, 1.82) is 0 Å². The van der Waals surface area contributed by atoms with Crippen molar-refractivity contribution >= 4 is 16.8 Å². The Bertz CT molecular complexity index is 898. The average molecular weight is 317 g/mol. The molecule has 3 aromatic rings. The van der Waals surface area contributed by atoms with Gasteiger partial charge in [-0.25, -0.2) is 0 Å². The van der Waals surface area contributed by atoms with Crippen molar-refractivity contribution in [3.8, 4) is 17.6 Å². The van der Waals surface area contributed by atoms with E-state index in [0.29, 0.717) is 5.56 Å². The molecular formula is C19H15N3O2. The van der Waals surface area contributed by atoms with Gasteiger partial charge in [0.1, 0.15) is 12.4 Å². The molecule has 0 fully saturated rings. The smallest absolute Gasteiger partial charge is 0.252 e. The number of nitrogens with one attached hydrogen (secondary N) is 1. The molecule has 2 aromatic heterocycles. The van der Waals surface area contributed by atoms with E-state index in [1.165, 1.54) is 0 Å². The van der Waals surface area contributed by atoms with E-state index >= 15 is 0 Å². The van der Waals surface area contributed by atoms with Gasteiger partial charge in [-0.15, -0.1) is 0 Å². The normalized spacial score (nSPS) is 9.83. The van der Waals surface area contributed by atoms with E-state index in [0.717, 1.165) is 16.7 Å². The van der Waals surface area contributed by atoms with Gasteiger partial charge < -0.3 is 10.1 Å². The Hall–Kier alpha value is -3.39. The molecule has 3 rings (SSSR count). The summed E-state index contributed by atoms with van der Waals surface area (Å²) in [6, 6.07) is 12.9. The minimum Gasteiger partial charge on any atom is -0.481 e. The number of amides is 1. The number of hydrogen-bond donors (Lipinski definition) is 1. The zero-order chi connectivity index (χ0) is 16.6. The largest absolute Gasteiger partial charge is 0.481 e. The number of carbonyl (C=O) groups excluding carboxylic acids is 1. The predicted octanol–water partition coefficient (Wildman–Crippen LogP) is 2.44. The van der Waals surface area contributed by atoms with Crippen LogP contribution in [0, 0.1) is 11.8 Å². The van der Waals surface area contributed by atoms with Gasteiger partial charge in [-0.05, 0) is 30.3 Å². The second-order valence-corrected chi connectivity index (χ2v) is 4.92. The number of hydrogen-bond acceptors (Lipinski definition) is 4. The highest BCUT2D eigenvalue weighted by Crippen LogP contribution is 2.18. The molecular weight excluding hydrogens is 302 g/mol. The van der Waals surface area contributed by atoms with Gasteiger partial charge in [-0.1, -0.05) is 17.9 Å². The zero-order valence-corrected chi connectivity index (χ0v) is 12.9. The molecule has 1 aromatic carbocycles. The minimum atomic E-state index is -0.173. The summed E-state index contributed by atoms with van der Waals surface area (Å²) in [6.45, 7) is 0.521. The van der Waals surface area contributed by atoms with Gasteiger partial charge in [-0.3, -0.25) is 14.8 Å². The molecule has 0 aliphatic rings. The molecule has 24 heavy (non-hydrogen) atoms. The number of ether oxygens (including phenoxy) is 1. The molecule has 2 heterocycles. The highest BCUT2D eigenvalue weighted by Gasteiger charge is 2.01. The van der Waals surface area contributed by atoms with Crippen LogP contribution in [-0.4, -0.2) is 29.0 Å². The molecule has 0 saturated heterocycles. The Kier molecular flexibility index (Phi) is 5.00. The summed E-state index contributed by atoms with van der Waals surface area (Å²) in [6.07, 6.45) is 4.90. The number of pyridine rings is 2. The first kappa shape index (κ1) is 15.5. The molecule has 0 atom stereocenters. The van der Waals surface area contributed by atoms with Crippen LogP contribution >= 0.6 is 0 Å². The number of fused-ring (bicyclic) bond motifs is 1. The molecule has 0 radical (unpaired) electrons. The van der Waals surface area contributed by atoms with Crippen LogP contribution in [0.4, 0.5) is 0 Å². The van der Waals surface area contributed by atoms with Crippen molar-refractivity contribution in [2.45, 2.75) is 0 Å². The van der Waals surface area contributed by atoms with Crippen LogP contribution in [-0.2, 0) is 0 Å². The molecule has 0 unspecified atom stereocenters. The van der Waals surface area contributed by atoms with Gasteiger partial charge in [0.05, 0.1) is 12.1 Å². The van der Waals surface area contributed by atoms with Gasteiger partial charge in [0, 0.05) is 35.6 Å². The Morgan fingerprint density at radius 3 is 2.83 bits per heavy atom. The zero-order valence-electron chi connectivity index (χ0n) is 12.9. The summed E-state index contributed by atoms with van der Waals surface area (Å²) >= 11 is 0. The van der Waals surface area contributed by atoms with Crippen LogP contribution in [0.1, 0.15) is 10.4 Å². The SMILES string of the molecule is O=C(NCC#CCOc1ccc2cccnc2c1)c1ccncc1. The number of nitrogens with zero attached hydrogens (tertiary/aromatic N) is 2. The quantitative estimate of drug-likeness (QED) is 0.751. The van der Waals surface area contributed by atoms with E-state index in [2.05, 4.69) is 27.1 Å². The summed E-state index contributed by atoms with van der Waals surface area (Å²) in [5.41, 5.74) is 1.44. The number of benzene rings is 1. The Morgan fingerprint density at radius 1 is 1.08 bits per heavy atom. The van der Waals surface area contributed by atoms with Crippen LogP contribution in [0.15, 0.2) is 61.1 Å². The molecule has 118 valence electrons. The first-order chi connectivity index (χ1) is 11.8. The molecule has 0 aliphatic carbocycles. The van der Waals surface area contributed by atoms with Gasteiger partial charge in [0.15, 0.2) is 0 Å². The number of aromatic nitrogens is 2.